The molecule has 0 amide bonds. The molecule has 2 aliphatic heterocycles. The standard InChI is InChI=1S/C20H19ClN2O3S.BrH/c1-23-17-8-12-5-6-16(22-12)19(17)15-9-14(10-18(24)20(15)23)27(25,26)13-4-2-3-11(21)7-13;/h2-4,7,9-10,12,16,22,24H,5-6,8H2,1H3;1H. The summed E-state index contributed by atoms with van der Waals surface area (Å²) in [6.45, 7) is 0. The van der Waals surface area contributed by atoms with Gasteiger partial charge in [0.05, 0.1) is 15.3 Å². The van der Waals surface area contributed by atoms with Gasteiger partial charge in [-0.05, 0) is 42.7 Å². The van der Waals surface area contributed by atoms with E-state index >= 15 is 0 Å². The Hall–Kier alpha value is -1.54. The first-order valence-electron chi connectivity index (χ1n) is 8.97. The maximum atomic E-state index is 13.1. The topological polar surface area (TPSA) is 71.3 Å². The molecule has 1 fully saturated rings. The van der Waals surface area contributed by atoms with Gasteiger partial charge in [-0.25, -0.2) is 8.42 Å². The summed E-state index contributed by atoms with van der Waals surface area (Å²) in [7, 11) is -1.84. The van der Waals surface area contributed by atoms with Crippen LogP contribution in [0, 0.1) is 0 Å². The molecular formula is C20H20BrClN2O3S. The molecule has 0 radical (unpaired) electrons. The fourth-order valence-electron chi connectivity index (χ4n) is 4.62. The number of nitrogens with one attached hydrogen (secondary N) is 1. The molecule has 2 aliphatic rings. The van der Waals surface area contributed by atoms with Gasteiger partial charge in [-0.2, -0.15) is 0 Å². The summed E-state index contributed by atoms with van der Waals surface area (Å²) in [5.74, 6) is -0.0131. The minimum atomic E-state index is -3.78. The van der Waals surface area contributed by atoms with Crippen LogP contribution in [0.15, 0.2) is 46.2 Å². The van der Waals surface area contributed by atoms with Crippen molar-refractivity contribution >= 4 is 49.3 Å². The van der Waals surface area contributed by atoms with Crippen LogP contribution in [-0.4, -0.2) is 24.1 Å². The number of hydrogen-bond donors (Lipinski definition) is 2. The molecule has 5 rings (SSSR count). The van der Waals surface area contributed by atoms with Gasteiger partial charge in [0, 0.05) is 47.7 Å². The Bertz CT molecular complexity index is 1210. The molecule has 0 saturated carbocycles. The zero-order valence-electron chi connectivity index (χ0n) is 15.1. The molecule has 0 spiro atoms. The largest absolute Gasteiger partial charge is 0.506 e. The fourth-order valence-corrected chi connectivity index (χ4v) is 6.23. The first kappa shape index (κ1) is 19.8. The predicted octanol–water partition coefficient (Wildman–Crippen LogP) is 4.30. The number of phenolic OH excluding ortho intramolecular Hbond substituents is 1. The van der Waals surface area contributed by atoms with Crippen LogP contribution >= 0.6 is 28.6 Å². The predicted molar refractivity (Wildman–Crippen MR) is 114 cm³/mol. The molecule has 28 heavy (non-hydrogen) atoms. The molecular weight excluding hydrogens is 464 g/mol. The van der Waals surface area contributed by atoms with Crippen molar-refractivity contribution in [3.63, 3.8) is 0 Å². The quantitative estimate of drug-likeness (QED) is 0.570. The SMILES string of the molecule is Br.Cn1c2c(c3cc(S(=O)(=O)c4cccc(Cl)c4)cc(O)c31)C1CCC(C2)N1. The van der Waals surface area contributed by atoms with Gasteiger partial charge < -0.3 is 15.0 Å². The highest BCUT2D eigenvalue weighted by Gasteiger charge is 2.37. The van der Waals surface area contributed by atoms with Crippen LogP contribution in [0.4, 0.5) is 0 Å². The number of phenols is 1. The number of sulfone groups is 1. The molecule has 8 heteroatoms. The first-order chi connectivity index (χ1) is 12.9. The average molecular weight is 484 g/mol. The van der Waals surface area contributed by atoms with E-state index in [1.54, 1.807) is 18.2 Å². The van der Waals surface area contributed by atoms with E-state index in [1.165, 1.54) is 23.9 Å². The van der Waals surface area contributed by atoms with Crippen LogP contribution in [0.1, 0.15) is 30.1 Å². The number of benzene rings is 2. The maximum Gasteiger partial charge on any atom is 0.206 e. The smallest absolute Gasteiger partial charge is 0.206 e. The third-order valence-electron chi connectivity index (χ3n) is 5.85. The van der Waals surface area contributed by atoms with Crippen LogP contribution < -0.4 is 5.32 Å². The van der Waals surface area contributed by atoms with Crippen molar-refractivity contribution in [2.24, 2.45) is 7.05 Å². The normalized spacial score (nSPS) is 20.8. The van der Waals surface area contributed by atoms with E-state index in [0.29, 0.717) is 16.6 Å². The van der Waals surface area contributed by atoms with Crippen molar-refractivity contribution in [3.05, 3.63) is 52.7 Å². The van der Waals surface area contributed by atoms with Gasteiger partial charge in [0.25, 0.3) is 0 Å². The Morgan fingerprint density at radius 1 is 1.18 bits per heavy atom. The van der Waals surface area contributed by atoms with E-state index < -0.39 is 9.84 Å². The summed E-state index contributed by atoms with van der Waals surface area (Å²) >= 11 is 5.98. The van der Waals surface area contributed by atoms with E-state index in [-0.39, 0.29) is 38.6 Å². The molecule has 2 bridgehead atoms. The Kier molecular flexibility index (Phi) is 4.77. The number of aromatic hydroxyl groups is 1. The number of halogens is 2. The van der Waals surface area contributed by atoms with Crippen LogP contribution in [0.5, 0.6) is 5.75 Å². The molecule has 5 nitrogen and oxygen atoms in total. The zero-order valence-corrected chi connectivity index (χ0v) is 18.4. The van der Waals surface area contributed by atoms with Crippen molar-refractivity contribution in [2.45, 2.75) is 41.1 Å². The van der Waals surface area contributed by atoms with Crippen molar-refractivity contribution in [3.8, 4) is 5.75 Å². The lowest BCUT2D eigenvalue weighted by Gasteiger charge is -2.23. The number of fused-ring (bicyclic) bond motifs is 6. The van der Waals surface area contributed by atoms with Crippen LogP contribution in [0.2, 0.25) is 5.02 Å². The summed E-state index contributed by atoms with van der Waals surface area (Å²) in [5.41, 5.74) is 3.00. The third kappa shape index (κ3) is 2.79. The van der Waals surface area contributed by atoms with Gasteiger partial charge in [0.1, 0.15) is 5.75 Å². The number of nitrogens with zero attached hydrogens (tertiary/aromatic N) is 1. The first-order valence-corrected chi connectivity index (χ1v) is 10.8. The molecule has 2 aromatic carbocycles. The number of rotatable bonds is 2. The average Bonchev–Trinajstić information content (AvgIpc) is 3.14. The number of aryl methyl sites for hydroxylation is 1. The van der Waals surface area contributed by atoms with Gasteiger partial charge in [-0.1, -0.05) is 17.7 Å². The second kappa shape index (κ2) is 6.76. The minimum Gasteiger partial charge on any atom is -0.506 e. The Labute approximate surface area is 179 Å². The molecule has 1 aromatic heterocycles. The van der Waals surface area contributed by atoms with Gasteiger partial charge in [0.15, 0.2) is 0 Å². The monoisotopic (exact) mass is 482 g/mol. The van der Waals surface area contributed by atoms with Gasteiger partial charge in [-0.15, -0.1) is 17.0 Å². The van der Waals surface area contributed by atoms with E-state index in [2.05, 4.69) is 5.32 Å². The molecule has 3 heterocycles. The van der Waals surface area contributed by atoms with Crippen LogP contribution in [0.3, 0.4) is 0 Å². The van der Waals surface area contributed by atoms with E-state index in [1.807, 2.05) is 11.6 Å². The molecule has 2 unspecified atom stereocenters. The highest BCUT2D eigenvalue weighted by molar-refractivity contribution is 8.93. The number of aromatic nitrogens is 1. The second-order valence-corrected chi connectivity index (χ2v) is 9.80. The van der Waals surface area contributed by atoms with E-state index in [4.69, 9.17) is 11.6 Å². The maximum absolute atomic E-state index is 13.1. The minimum absolute atomic E-state index is 0. The lowest BCUT2D eigenvalue weighted by atomic mass is 9.99. The molecule has 148 valence electrons. The summed E-state index contributed by atoms with van der Waals surface area (Å²) in [6, 6.07) is 9.92. The summed E-state index contributed by atoms with van der Waals surface area (Å²) in [4.78, 5) is 0.209. The van der Waals surface area contributed by atoms with Gasteiger partial charge in [0.2, 0.25) is 9.84 Å². The summed E-state index contributed by atoms with van der Waals surface area (Å²) < 4.78 is 28.3. The Balaban J connectivity index is 0.00000192. The van der Waals surface area contributed by atoms with Crippen LogP contribution in [0.25, 0.3) is 10.9 Å². The van der Waals surface area contributed by atoms with Crippen molar-refractivity contribution < 1.29 is 13.5 Å². The lowest BCUT2D eigenvalue weighted by molar-refractivity contribution is 0.475. The highest BCUT2D eigenvalue weighted by atomic mass is 79.9. The van der Waals surface area contributed by atoms with E-state index in [0.717, 1.165) is 30.2 Å². The highest BCUT2D eigenvalue weighted by Crippen LogP contribution is 2.44. The van der Waals surface area contributed by atoms with E-state index in [9.17, 15) is 13.5 Å². The molecule has 2 atom stereocenters. The number of hydrogen-bond acceptors (Lipinski definition) is 4. The van der Waals surface area contributed by atoms with Gasteiger partial charge in [-0.3, -0.25) is 0 Å². The Morgan fingerprint density at radius 2 is 1.96 bits per heavy atom. The third-order valence-corrected chi connectivity index (χ3v) is 7.82. The van der Waals surface area contributed by atoms with Crippen molar-refractivity contribution in [1.29, 1.82) is 0 Å². The summed E-state index contributed by atoms with van der Waals surface area (Å²) in [6.07, 6.45) is 3.04. The zero-order chi connectivity index (χ0) is 18.9. The molecule has 1 saturated heterocycles. The van der Waals surface area contributed by atoms with Gasteiger partial charge >= 0.3 is 0 Å². The summed E-state index contributed by atoms with van der Waals surface area (Å²) in [5, 5.41) is 15.5. The van der Waals surface area contributed by atoms with Crippen molar-refractivity contribution in [2.75, 3.05) is 0 Å². The molecule has 3 aromatic rings. The Morgan fingerprint density at radius 3 is 2.71 bits per heavy atom. The molecule has 2 N–H and O–H groups in total. The van der Waals surface area contributed by atoms with Crippen molar-refractivity contribution in [1.82, 2.24) is 9.88 Å². The lowest BCUT2D eigenvalue weighted by Crippen LogP contribution is -2.32. The molecule has 0 aliphatic carbocycles. The fraction of sp³-hybridized carbons (Fsp3) is 0.300. The van der Waals surface area contributed by atoms with Crippen LogP contribution in [-0.2, 0) is 23.3 Å². The second-order valence-electron chi connectivity index (χ2n) is 7.42.